The fraction of sp³-hybridized carbons (Fsp3) is 0.312. The summed E-state index contributed by atoms with van der Waals surface area (Å²) in [6.45, 7) is 5.46. The van der Waals surface area contributed by atoms with E-state index >= 15 is 0 Å². The number of carbonyl (C=O) groups excluding carboxylic acids is 1. The third-order valence-corrected chi connectivity index (χ3v) is 4.87. The number of halogens is 1. The highest BCUT2D eigenvalue weighted by Crippen LogP contribution is 2.19. The van der Waals surface area contributed by atoms with E-state index in [9.17, 15) is 4.79 Å². The van der Waals surface area contributed by atoms with E-state index in [0.29, 0.717) is 6.54 Å². The monoisotopic (exact) mass is 367 g/mol. The molecule has 0 aliphatic heterocycles. The highest BCUT2D eigenvalue weighted by atomic mass is 79.9. The molecule has 3 nitrogen and oxygen atoms in total. The zero-order valence-corrected chi connectivity index (χ0v) is 14.9. The van der Waals surface area contributed by atoms with Crippen molar-refractivity contribution in [2.24, 2.45) is 0 Å². The van der Waals surface area contributed by atoms with Crippen LogP contribution in [0.15, 0.2) is 34.1 Å². The van der Waals surface area contributed by atoms with E-state index in [2.05, 4.69) is 39.6 Å². The van der Waals surface area contributed by atoms with Crippen molar-refractivity contribution >= 4 is 38.9 Å². The van der Waals surface area contributed by atoms with E-state index in [1.807, 2.05) is 32.2 Å². The predicted molar refractivity (Wildman–Crippen MR) is 92.0 cm³/mol. The van der Waals surface area contributed by atoms with Gasteiger partial charge in [0.1, 0.15) is 6.54 Å². The van der Waals surface area contributed by atoms with Crippen molar-refractivity contribution in [1.82, 2.24) is 0 Å². The van der Waals surface area contributed by atoms with Gasteiger partial charge in [-0.05, 0) is 54.6 Å². The number of anilines is 1. The molecule has 0 bridgehead atoms. The van der Waals surface area contributed by atoms with Crippen LogP contribution in [0.4, 0.5) is 5.69 Å². The van der Waals surface area contributed by atoms with Crippen LogP contribution < -0.4 is 10.2 Å². The summed E-state index contributed by atoms with van der Waals surface area (Å²) in [5, 5.41) is 5.09. The van der Waals surface area contributed by atoms with Gasteiger partial charge >= 0.3 is 0 Å². The van der Waals surface area contributed by atoms with Gasteiger partial charge in [0.05, 0.1) is 11.9 Å². The number of rotatable bonds is 5. The molecule has 0 spiro atoms. The molecule has 21 heavy (non-hydrogen) atoms. The third kappa shape index (κ3) is 4.66. The van der Waals surface area contributed by atoms with Crippen molar-refractivity contribution < 1.29 is 9.69 Å². The number of likely N-dealkylation sites (N-methyl/N-ethyl adjacent to an activating group) is 1. The number of quaternary nitrogens is 1. The number of aryl methyl sites for hydroxylation is 2. The molecular weight excluding hydrogens is 348 g/mol. The number of hydrogen-bond donors (Lipinski definition) is 2. The van der Waals surface area contributed by atoms with E-state index in [0.717, 1.165) is 22.3 Å². The molecule has 0 saturated heterocycles. The minimum absolute atomic E-state index is 0.0483. The number of carbonyl (C=O) groups is 1. The van der Waals surface area contributed by atoms with Crippen molar-refractivity contribution in [2.75, 3.05) is 18.9 Å². The molecule has 1 aromatic heterocycles. The molecule has 1 unspecified atom stereocenters. The van der Waals surface area contributed by atoms with Crippen LogP contribution in [0.25, 0.3) is 0 Å². The standard InChI is InChI=1S/C16H19BrN2OS/c1-11-6-7-21-15(11)9-19(3)10-16(20)18-14-5-4-13(17)8-12(14)2/h4-8H,9-10H2,1-3H3,(H,18,20)/p+1. The Kier molecular flexibility index (Phi) is 5.56. The van der Waals surface area contributed by atoms with Gasteiger partial charge in [0.15, 0.2) is 6.54 Å². The second kappa shape index (κ2) is 7.20. The maximum atomic E-state index is 12.1. The Morgan fingerprint density at radius 2 is 2.05 bits per heavy atom. The SMILES string of the molecule is Cc1cc(Br)ccc1NC(=O)C[NH+](C)Cc1sccc1C. The van der Waals surface area contributed by atoms with Gasteiger partial charge in [-0.1, -0.05) is 15.9 Å². The summed E-state index contributed by atoms with van der Waals surface area (Å²) < 4.78 is 1.02. The van der Waals surface area contributed by atoms with Crippen molar-refractivity contribution in [3.63, 3.8) is 0 Å². The largest absolute Gasteiger partial charge is 0.325 e. The summed E-state index contributed by atoms with van der Waals surface area (Å²) in [7, 11) is 2.05. The van der Waals surface area contributed by atoms with Crippen LogP contribution in [-0.2, 0) is 11.3 Å². The first kappa shape index (κ1) is 16.2. The van der Waals surface area contributed by atoms with E-state index in [1.165, 1.54) is 15.3 Å². The summed E-state index contributed by atoms with van der Waals surface area (Å²) in [6.07, 6.45) is 0. The van der Waals surface area contributed by atoms with Crippen LogP contribution in [0.5, 0.6) is 0 Å². The normalized spacial score (nSPS) is 12.2. The Labute approximate surface area is 138 Å². The van der Waals surface area contributed by atoms with E-state index < -0.39 is 0 Å². The molecule has 1 atom stereocenters. The molecule has 5 heteroatoms. The molecule has 2 N–H and O–H groups in total. The molecule has 1 amide bonds. The molecule has 0 radical (unpaired) electrons. The summed E-state index contributed by atoms with van der Waals surface area (Å²) in [5.41, 5.74) is 3.25. The number of amides is 1. The summed E-state index contributed by atoms with van der Waals surface area (Å²) in [5.74, 6) is 0.0483. The maximum absolute atomic E-state index is 12.1. The minimum atomic E-state index is 0.0483. The van der Waals surface area contributed by atoms with Crippen LogP contribution in [0, 0.1) is 13.8 Å². The minimum Gasteiger partial charge on any atom is -0.325 e. The summed E-state index contributed by atoms with van der Waals surface area (Å²) in [6, 6.07) is 7.99. The van der Waals surface area contributed by atoms with Crippen LogP contribution in [-0.4, -0.2) is 19.5 Å². The molecule has 1 aromatic carbocycles. The average molecular weight is 368 g/mol. The van der Waals surface area contributed by atoms with Gasteiger partial charge in [-0.25, -0.2) is 0 Å². The van der Waals surface area contributed by atoms with Gasteiger partial charge in [0, 0.05) is 10.2 Å². The lowest BCUT2D eigenvalue weighted by molar-refractivity contribution is -0.884. The van der Waals surface area contributed by atoms with E-state index in [-0.39, 0.29) is 5.91 Å². The van der Waals surface area contributed by atoms with Crippen LogP contribution in [0.3, 0.4) is 0 Å². The Morgan fingerprint density at radius 3 is 2.67 bits per heavy atom. The number of nitrogens with one attached hydrogen (secondary N) is 2. The molecule has 2 aromatic rings. The lowest BCUT2D eigenvalue weighted by atomic mass is 10.2. The zero-order valence-electron chi connectivity index (χ0n) is 12.5. The number of thiophene rings is 1. The van der Waals surface area contributed by atoms with Gasteiger partial charge in [0.2, 0.25) is 0 Å². The second-order valence-corrected chi connectivity index (χ2v) is 7.26. The first-order valence-corrected chi connectivity index (χ1v) is 8.53. The van der Waals surface area contributed by atoms with Crippen molar-refractivity contribution in [2.45, 2.75) is 20.4 Å². The molecule has 1 heterocycles. The topological polar surface area (TPSA) is 33.5 Å². The maximum Gasteiger partial charge on any atom is 0.279 e. The quantitative estimate of drug-likeness (QED) is 0.836. The Hall–Kier alpha value is -1.17. The molecular formula is C16H20BrN2OS+. The Morgan fingerprint density at radius 1 is 1.29 bits per heavy atom. The summed E-state index contributed by atoms with van der Waals surface area (Å²) in [4.78, 5) is 14.7. The highest BCUT2D eigenvalue weighted by Gasteiger charge is 2.13. The van der Waals surface area contributed by atoms with Crippen LogP contribution >= 0.6 is 27.3 Å². The average Bonchev–Trinajstić information content (AvgIpc) is 2.78. The highest BCUT2D eigenvalue weighted by molar-refractivity contribution is 9.10. The van der Waals surface area contributed by atoms with Gasteiger partial charge in [0.25, 0.3) is 5.91 Å². The molecule has 0 fully saturated rings. The Balaban J connectivity index is 1.90. The molecule has 0 aliphatic carbocycles. The number of benzene rings is 1. The lowest BCUT2D eigenvalue weighted by Gasteiger charge is -2.14. The van der Waals surface area contributed by atoms with Gasteiger partial charge in [-0.2, -0.15) is 0 Å². The fourth-order valence-electron chi connectivity index (χ4n) is 2.16. The lowest BCUT2D eigenvalue weighted by Crippen LogP contribution is -3.08. The molecule has 0 aliphatic rings. The second-order valence-electron chi connectivity index (χ2n) is 5.34. The van der Waals surface area contributed by atoms with E-state index in [4.69, 9.17) is 0 Å². The van der Waals surface area contributed by atoms with Crippen LogP contribution in [0.2, 0.25) is 0 Å². The van der Waals surface area contributed by atoms with Crippen molar-refractivity contribution in [1.29, 1.82) is 0 Å². The zero-order chi connectivity index (χ0) is 15.4. The van der Waals surface area contributed by atoms with Crippen molar-refractivity contribution in [3.8, 4) is 0 Å². The smallest absolute Gasteiger partial charge is 0.279 e. The fourth-order valence-corrected chi connectivity index (χ4v) is 3.65. The Bertz CT molecular complexity index is 639. The first-order valence-electron chi connectivity index (χ1n) is 6.86. The first-order chi connectivity index (χ1) is 9.95. The summed E-state index contributed by atoms with van der Waals surface area (Å²) >= 11 is 5.18. The van der Waals surface area contributed by atoms with Crippen LogP contribution in [0.1, 0.15) is 16.0 Å². The third-order valence-electron chi connectivity index (χ3n) is 3.36. The van der Waals surface area contributed by atoms with Gasteiger partial charge in [-0.15, -0.1) is 11.3 Å². The number of hydrogen-bond acceptors (Lipinski definition) is 2. The molecule has 2 rings (SSSR count). The van der Waals surface area contributed by atoms with Gasteiger partial charge in [-0.3, -0.25) is 4.79 Å². The molecule has 0 saturated carbocycles. The van der Waals surface area contributed by atoms with Gasteiger partial charge < -0.3 is 10.2 Å². The molecule has 112 valence electrons. The van der Waals surface area contributed by atoms with Crippen molar-refractivity contribution in [3.05, 3.63) is 50.1 Å². The van der Waals surface area contributed by atoms with E-state index in [1.54, 1.807) is 11.3 Å². The predicted octanol–water partition coefficient (Wildman–Crippen LogP) is 2.78.